The lowest BCUT2D eigenvalue weighted by Gasteiger charge is -2.10. The molecule has 0 saturated heterocycles. The van der Waals surface area contributed by atoms with E-state index >= 15 is 0 Å². The normalized spacial score (nSPS) is 14.2. The van der Waals surface area contributed by atoms with Gasteiger partial charge in [-0.3, -0.25) is 9.59 Å². The number of rotatable bonds is 8. The molecule has 1 aromatic heterocycles. The van der Waals surface area contributed by atoms with E-state index in [1.165, 1.54) is 17.5 Å². The highest BCUT2D eigenvalue weighted by Crippen LogP contribution is 2.30. The van der Waals surface area contributed by atoms with E-state index < -0.39 is 0 Å². The third-order valence-electron chi connectivity index (χ3n) is 3.28. The van der Waals surface area contributed by atoms with Gasteiger partial charge in [-0.15, -0.1) is 0 Å². The van der Waals surface area contributed by atoms with Crippen LogP contribution in [0, 0.1) is 5.92 Å². The second-order valence-electron chi connectivity index (χ2n) is 5.15. The minimum atomic E-state index is -0.282. The van der Waals surface area contributed by atoms with Gasteiger partial charge < -0.3 is 11.1 Å². The molecule has 1 fully saturated rings. The molecule has 7 heteroatoms. The van der Waals surface area contributed by atoms with Crippen molar-refractivity contribution in [2.75, 3.05) is 11.9 Å². The van der Waals surface area contributed by atoms with Crippen molar-refractivity contribution in [1.29, 1.82) is 0 Å². The molecule has 20 heavy (non-hydrogen) atoms. The molecule has 2 rings (SSSR count). The summed E-state index contributed by atoms with van der Waals surface area (Å²) in [6, 6.07) is 0. The number of carbonyl (C=O) groups is 1. The van der Waals surface area contributed by atoms with Gasteiger partial charge >= 0.3 is 0 Å². The summed E-state index contributed by atoms with van der Waals surface area (Å²) in [6.07, 6.45) is 6.00. The largest absolute Gasteiger partial charge is 0.383 e. The summed E-state index contributed by atoms with van der Waals surface area (Å²) >= 11 is 3.32. The summed E-state index contributed by atoms with van der Waals surface area (Å²) in [5.74, 6) is 0.329. The lowest BCUT2D eigenvalue weighted by Crippen LogP contribution is -2.25. The zero-order chi connectivity index (χ0) is 14.5. The van der Waals surface area contributed by atoms with E-state index in [1.54, 1.807) is 6.20 Å². The van der Waals surface area contributed by atoms with Gasteiger partial charge in [-0.1, -0.05) is 0 Å². The van der Waals surface area contributed by atoms with Crippen LogP contribution in [-0.4, -0.2) is 22.2 Å². The fourth-order valence-electron chi connectivity index (χ4n) is 1.91. The first-order chi connectivity index (χ1) is 9.58. The fraction of sp³-hybridized carbons (Fsp3) is 0.615. The lowest BCUT2D eigenvalue weighted by molar-refractivity contribution is -0.118. The highest BCUT2D eigenvalue weighted by molar-refractivity contribution is 9.10. The molecule has 1 aliphatic rings. The van der Waals surface area contributed by atoms with Crippen LogP contribution in [0.3, 0.4) is 0 Å². The molecule has 1 saturated carbocycles. The minimum absolute atomic E-state index is 0.0981. The number of nitrogens with zero attached hydrogens (tertiary/aromatic N) is 2. The molecule has 0 spiro atoms. The molecule has 110 valence electrons. The van der Waals surface area contributed by atoms with Gasteiger partial charge in [0, 0.05) is 19.5 Å². The summed E-state index contributed by atoms with van der Waals surface area (Å²) in [4.78, 5) is 22.7. The van der Waals surface area contributed by atoms with Crippen LogP contribution in [0.1, 0.15) is 32.1 Å². The van der Waals surface area contributed by atoms with E-state index in [9.17, 15) is 9.59 Å². The smallest absolute Gasteiger partial charge is 0.283 e. The van der Waals surface area contributed by atoms with Crippen molar-refractivity contribution >= 4 is 27.5 Å². The molecule has 1 aromatic rings. The van der Waals surface area contributed by atoms with Crippen LogP contribution >= 0.6 is 15.9 Å². The molecule has 6 nitrogen and oxygen atoms in total. The Bertz CT molecular complexity index is 540. The summed E-state index contributed by atoms with van der Waals surface area (Å²) < 4.78 is 2.03. The molecule has 0 aliphatic heterocycles. The van der Waals surface area contributed by atoms with E-state index in [-0.39, 0.29) is 11.5 Å². The van der Waals surface area contributed by atoms with E-state index in [1.807, 2.05) is 0 Å². The number of halogens is 1. The Morgan fingerprint density at radius 3 is 2.90 bits per heavy atom. The number of nitrogens with two attached hydrogens (primary N) is 1. The third-order valence-corrected chi connectivity index (χ3v) is 4.04. The number of amides is 1. The molecule has 0 aromatic carbocycles. The van der Waals surface area contributed by atoms with Crippen molar-refractivity contribution in [2.45, 2.75) is 38.6 Å². The zero-order valence-electron chi connectivity index (χ0n) is 11.3. The Hall–Kier alpha value is -1.37. The van der Waals surface area contributed by atoms with E-state index in [0.717, 1.165) is 12.8 Å². The second-order valence-corrected chi connectivity index (χ2v) is 5.95. The minimum Gasteiger partial charge on any atom is -0.383 e. The summed E-state index contributed by atoms with van der Waals surface area (Å²) in [5, 5.41) is 7.33. The summed E-state index contributed by atoms with van der Waals surface area (Å²) in [6.45, 7) is 1.38. The first-order valence-corrected chi connectivity index (χ1v) is 7.65. The first-order valence-electron chi connectivity index (χ1n) is 6.85. The van der Waals surface area contributed by atoms with Crippen LogP contribution in [0.4, 0.5) is 5.69 Å². The van der Waals surface area contributed by atoms with E-state index in [2.05, 4.69) is 26.3 Å². The maximum absolute atomic E-state index is 12.1. The standard InChI is InChI=1S/C13H19BrN4O2/c14-12-10(16-6-2-1-3-11(15)19)7-17-18(13(12)20)8-9-4-5-9/h7,9,16H,1-6,8H2,(H2,15,19). The van der Waals surface area contributed by atoms with Gasteiger partial charge in [0.25, 0.3) is 5.56 Å². The van der Waals surface area contributed by atoms with Gasteiger partial charge in [0.05, 0.1) is 11.9 Å². The predicted molar refractivity (Wildman–Crippen MR) is 80.5 cm³/mol. The number of hydrogen-bond acceptors (Lipinski definition) is 4. The van der Waals surface area contributed by atoms with Gasteiger partial charge in [0.15, 0.2) is 0 Å². The number of nitrogens with one attached hydrogen (secondary N) is 1. The van der Waals surface area contributed by atoms with Crippen molar-refractivity contribution in [2.24, 2.45) is 11.7 Å². The number of primary amides is 1. The Morgan fingerprint density at radius 2 is 2.25 bits per heavy atom. The highest BCUT2D eigenvalue weighted by atomic mass is 79.9. The molecule has 0 bridgehead atoms. The van der Waals surface area contributed by atoms with Crippen molar-refractivity contribution in [3.05, 3.63) is 21.0 Å². The topological polar surface area (TPSA) is 90.0 Å². The molecule has 1 amide bonds. The zero-order valence-corrected chi connectivity index (χ0v) is 12.9. The average Bonchev–Trinajstić information content (AvgIpc) is 3.21. The second kappa shape index (κ2) is 6.88. The van der Waals surface area contributed by atoms with Crippen molar-refractivity contribution < 1.29 is 4.79 Å². The fourth-order valence-corrected chi connectivity index (χ4v) is 2.36. The first kappa shape index (κ1) is 15.0. The van der Waals surface area contributed by atoms with Crippen molar-refractivity contribution in [1.82, 2.24) is 9.78 Å². The Kier molecular flexibility index (Phi) is 5.17. The predicted octanol–water partition coefficient (Wildman–Crippen LogP) is 1.48. The van der Waals surface area contributed by atoms with Crippen LogP contribution in [0.2, 0.25) is 0 Å². The van der Waals surface area contributed by atoms with Crippen LogP contribution in [-0.2, 0) is 11.3 Å². The Morgan fingerprint density at radius 1 is 1.50 bits per heavy atom. The molecule has 0 radical (unpaired) electrons. The van der Waals surface area contributed by atoms with E-state index in [4.69, 9.17) is 5.73 Å². The van der Waals surface area contributed by atoms with Crippen LogP contribution in [0.5, 0.6) is 0 Å². The highest BCUT2D eigenvalue weighted by Gasteiger charge is 2.23. The van der Waals surface area contributed by atoms with E-state index in [0.29, 0.717) is 35.6 Å². The summed E-state index contributed by atoms with van der Waals surface area (Å²) in [5.41, 5.74) is 5.67. The van der Waals surface area contributed by atoms with Gasteiger partial charge in [-0.05, 0) is 47.5 Å². The molecule has 1 aliphatic carbocycles. The monoisotopic (exact) mass is 342 g/mol. The quantitative estimate of drug-likeness (QED) is 0.700. The number of hydrogen-bond donors (Lipinski definition) is 2. The Balaban J connectivity index is 1.86. The van der Waals surface area contributed by atoms with Crippen LogP contribution in [0.25, 0.3) is 0 Å². The molecule has 0 unspecified atom stereocenters. The molecule has 0 atom stereocenters. The maximum Gasteiger partial charge on any atom is 0.283 e. The third kappa shape index (κ3) is 4.33. The van der Waals surface area contributed by atoms with Gasteiger partial charge in [0.2, 0.25) is 5.91 Å². The lowest BCUT2D eigenvalue weighted by atomic mass is 10.2. The van der Waals surface area contributed by atoms with Crippen LogP contribution < -0.4 is 16.6 Å². The average molecular weight is 343 g/mol. The maximum atomic E-state index is 12.1. The van der Waals surface area contributed by atoms with Gasteiger partial charge in [0.1, 0.15) is 4.47 Å². The van der Waals surface area contributed by atoms with Crippen LogP contribution in [0.15, 0.2) is 15.5 Å². The molecule has 3 N–H and O–H groups in total. The van der Waals surface area contributed by atoms with Crippen molar-refractivity contribution in [3.63, 3.8) is 0 Å². The van der Waals surface area contributed by atoms with Crippen molar-refractivity contribution in [3.8, 4) is 0 Å². The number of unbranched alkanes of at least 4 members (excludes halogenated alkanes) is 1. The van der Waals surface area contributed by atoms with Gasteiger partial charge in [-0.25, -0.2) is 4.68 Å². The number of aromatic nitrogens is 2. The SMILES string of the molecule is NC(=O)CCCCNc1cnn(CC2CC2)c(=O)c1Br. The molecular formula is C13H19BrN4O2. The summed E-state index contributed by atoms with van der Waals surface area (Å²) in [7, 11) is 0. The number of carbonyl (C=O) groups excluding carboxylic acids is 1. The van der Waals surface area contributed by atoms with Gasteiger partial charge in [-0.2, -0.15) is 5.10 Å². The Labute approximate surface area is 125 Å². The molecule has 1 heterocycles. The molecular weight excluding hydrogens is 324 g/mol. The number of anilines is 1.